The lowest BCUT2D eigenvalue weighted by atomic mass is 10.4. The lowest BCUT2D eigenvalue weighted by Gasteiger charge is -1.90. The Morgan fingerprint density at radius 3 is 1.75 bits per heavy atom. The molecule has 0 saturated heterocycles. The number of hydrogen-bond donors (Lipinski definition) is 0. The second-order valence-corrected chi connectivity index (χ2v) is 3.25. The van der Waals surface area contributed by atoms with Crippen LogP contribution in [0.5, 0.6) is 0 Å². The molecule has 0 aliphatic heterocycles. The highest BCUT2D eigenvalue weighted by molar-refractivity contribution is 6.45. The van der Waals surface area contributed by atoms with Gasteiger partial charge in [-0.25, -0.2) is 0 Å². The molecule has 1 unspecified atom stereocenters. The summed E-state index contributed by atoms with van der Waals surface area (Å²) in [5.74, 6) is 0. The van der Waals surface area contributed by atoms with Gasteiger partial charge in [0.1, 0.15) is 4.84 Å². The van der Waals surface area contributed by atoms with Crippen molar-refractivity contribution in [2.24, 2.45) is 0 Å². The summed E-state index contributed by atoms with van der Waals surface area (Å²) in [6.07, 6.45) is 3.38. The lowest BCUT2D eigenvalue weighted by Crippen LogP contribution is -1.84. The summed E-state index contributed by atoms with van der Waals surface area (Å²) in [5.41, 5.74) is 0. The molecule has 0 aromatic carbocycles. The Kier molecular flexibility index (Phi) is 4.83. The minimum absolute atomic E-state index is 0.00926. The summed E-state index contributed by atoms with van der Waals surface area (Å²) in [7, 11) is 0. The third-order valence-electron chi connectivity index (χ3n) is 0.522. The van der Waals surface area contributed by atoms with E-state index in [0.717, 1.165) is 0 Å². The largest absolute Gasteiger partial charge is 0.125 e. The first kappa shape index (κ1) is 8.61. The van der Waals surface area contributed by atoms with E-state index in [1.807, 2.05) is 6.92 Å². The standard InChI is InChI=1S/C5H7Cl3/c1-4(6)2-3-5(7)8/h2-5H,1H3/b3-2+. The van der Waals surface area contributed by atoms with Crippen molar-refractivity contribution >= 4 is 34.8 Å². The summed E-state index contributed by atoms with van der Waals surface area (Å²) < 4.78 is 0. The number of halogens is 3. The van der Waals surface area contributed by atoms with Crippen molar-refractivity contribution in [3.63, 3.8) is 0 Å². The molecule has 0 radical (unpaired) electrons. The molecule has 0 fully saturated rings. The Hall–Kier alpha value is 0.610. The molecule has 0 bridgehead atoms. The summed E-state index contributed by atoms with van der Waals surface area (Å²) in [4.78, 5) is -0.434. The van der Waals surface area contributed by atoms with Crippen LogP contribution in [0.4, 0.5) is 0 Å². The Bertz CT molecular complexity index is 65.7. The molecular formula is C5H7Cl3. The van der Waals surface area contributed by atoms with Crippen molar-refractivity contribution in [2.45, 2.75) is 17.1 Å². The van der Waals surface area contributed by atoms with Crippen LogP contribution in [-0.4, -0.2) is 10.2 Å². The van der Waals surface area contributed by atoms with Crippen molar-refractivity contribution in [1.29, 1.82) is 0 Å². The Labute approximate surface area is 64.4 Å². The van der Waals surface area contributed by atoms with Gasteiger partial charge in [0.15, 0.2) is 0 Å². The maximum Gasteiger partial charge on any atom is 0.125 e. The molecule has 48 valence electrons. The van der Waals surface area contributed by atoms with E-state index in [9.17, 15) is 0 Å². The first-order chi connectivity index (χ1) is 3.63. The van der Waals surface area contributed by atoms with Crippen molar-refractivity contribution in [2.75, 3.05) is 0 Å². The van der Waals surface area contributed by atoms with Crippen LogP contribution < -0.4 is 0 Å². The second kappa shape index (κ2) is 4.49. The predicted octanol–water partition coefficient (Wildman–Crippen LogP) is 2.97. The third-order valence-corrected chi connectivity index (χ3v) is 0.958. The molecule has 0 N–H and O–H groups in total. The zero-order valence-electron chi connectivity index (χ0n) is 4.44. The van der Waals surface area contributed by atoms with Crippen LogP contribution in [0.3, 0.4) is 0 Å². The molecule has 0 heterocycles. The van der Waals surface area contributed by atoms with Crippen molar-refractivity contribution in [1.82, 2.24) is 0 Å². The van der Waals surface area contributed by atoms with Crippen molar-refractivity contribution in [3.8, 4) is 0 Å². The fourth-order valence-electron chi connectivity index (χ4n) is 0.237. The SMILES string of the molecule is CC(Cl)/C=C/C(Cl)Cl. The first-order valence-electron chi connectivity index (χ1n) is 2.23. The van der Waals surface area contributed by atoms with Gasteiger partial charge in [-0.2, -0.15) is 0 Å². The maximum atomic E-state index is 5.52. The molecular weight excluding hydrogens is 166 g/mol. The highest BCUT2D eigenvalue weighted by Gasteiger charge is 1.90. The smallest absolute Gasteiger partial charge is 0.119 e. The molecule has 8 heavy (non-hydrogen) atoms. The summed E-state index contributed by atoms with van der Waals surface area (Å²) >= 11 is 16.2. The van der Waals surface area contributed by atoms with Gasteiger partial charge in [0.05, 0.1) is 0 Å². The van der Waals surface area contributed by atoms with Crippen LogP contribution in [0, 0.1) is 0 Å². The van der Waals surface area contributed by atoms with E-state index in [2.05, 4.69) is 0 Å². The van der Waals surface area contributed by atoms with Gasteiger partial charge < -0.3 is 0 Å². The van der Waals surface area contributed by atoms with E-state index >= 15 is 0 Å². The summed E-state index contributed by atoms with van der Waals surface area (Å²) in [5, 5.41) is 0.00926. The molecule has 0 nitrogen and oxygen atoms in total. The Balaban J connectivity index is 3.34. The van der Waals surface area contributed by atoms with E-state index in [1.165, 1.54) is 0 Å². The average molecular weight is 173 g/mol. The number of rotatable bonds is 2. The first-order valence-corrected chi connectivity index (χ1v) is 3.54. The summed E-state index contributed by atoms with van der Waals surface area (Å²) in [6.45, 7) is 1.84. The number of allylic oxidation sites excluding steroid dienone is 2. The summed E-state index contributed by atoms with van der Waals surface area (Å²) in [6, 6.07) is 0. The van der Waals surface area contributed by atoms with E-state index in [4.69, 9.17) is 34.8 Å². The normalized spacial score (nSPS) is 15.6. The Morgan fingerprint density at radius 1 is 1.12 bits per heavy atom. The molecule has 1 atom stereocenters. The lowest BCUT2D eigenvalue weighted by molar-refractivity contribution is 1.22. The zero-order valence-corrected chi connectivity index (χ0v) is 6.71. The van der Waals surface area contributed by atoms with Gasteiger partial charge in [-0.05, 0) is 6.92 Å². The van der Waals surface area contributed by atoms with Crippen LogP contribution in [0.15, 0.2) is 12.2 Å². The van der Waals surface area contributed by atoms with Gasteiger partial charge in [0.25, 0.3) is 0 Å². The second-order valence-electron chi connectivity index (χ2n) is 1.40. The van der Waals surface area contributed by atoms with E-state index in [-0.39, 0.29) is 5.38 Å². The van der Waals surface area contributed by atoms with Crippen LogP contribution in [0.1, 0.15) is 6.92 Å². The van der Waals surface area contributed by atoms with Crippen molar-refractivity contribution in [3.05, 3.63) is 12.2 Å². The zero-order chi connectivity index (χ0) is 6.57. The molecule has 0 spiro atoms. The van der Waals surface area contributed by atoms with Gasteiger partial charge in [-0.15, -0.1) is 34.8 Å². The van der Waals surface area contributed by atoms with E-state index in [1.54, 1.807) is 12.2 Å². The van der Waals surface area contributed by atoms with Crippen LogP contribution >= 0.6 is 34.8 Å². The van der Waals surface area contributed by atoms with Crippen LogP contribution in [-0.2, 0) is 0 Å². The van der Waals surface area contributed by atoms with Gasteiger partial charge in [0.2, 0.25) is 0 Å². The average Bonchev–Trinajstić information content (AvgIpc) is 1.61. The third kappa shape index (κ3) is 6.61. The molecule has 0 saturated carbocycles. The highest BCUT2D eigenvalue weighted by atomic mass is 35.5. The van der Waals surface area contributed by atoms with Gasteiger partial charge >= 0.3 is 0 Å². The highest BCUT2D eigenvalue weighted by Crippen LogP contribution is 2.05. The van der Waals surface area contributed by atoms with Crippen LogP contribution in [0.2, 0.25) is 0 Å². The monoisotopic (exact) mass is 172 g/mol. The topological polar surface area (TPSA) is 0 Å². The molecule has 0 aromatic heterocycles. The minimum atomic E-state index is -0.434. The molecule has 0 rings (SSSR count). The van der Waals surface area contributed by atoms with Gasteiger partial charge in [0, 0.05) is 5.38 Å². The fraction of sp³-hybridized carbons (Fsp3) is 0.600. The molecule has 3 heteroatoms. The number of alkyl halides is 3. The fourth-order valence-corrected chi connectivity index (χ4v) is 0.489. The maximum absolute atomic E-state index is 5.52. The minimum Gasteiger partial charge on any atom is -0.119 e. The van der Waals surface area contributed by atoms with Crippen LogP contribution in [0.25, 0.3) is 0 Å². The van der Waals surface area contributed by atoms with Crippen molar-refractivity contribution < 1.29 is 0 Å². The number of hydrogen-bond acceptors (Lipinski definition) is 0. The van der Waals surface area contributed by atoms with Gasteiger partial charge in [-0.3, -0.25) is 0 Å². The van der Waals surface area contributed by atoms with E-state index in [0.29, 0.717) is 0 Å². The molecule has 0 aromatic rings. The van der Waals surface area contributed by atoms with E-state index < -0.39 is 4.84 Å². The molecule has 0 aliphatic rings. The molecule has 0 aliphatic carbocycles. The quantitative estimate of drug-likeness (QED) is 0.445. The van der Waals surface area contributed by atoms with Gasteiger partial charge in [-0.1, -0.05) is 12.2 Å². The Morgan fingerprint density at radius 2 is 1.62 bits per heavy atom. The molecule has 0 amide bonds. The predicted molar refractivity (Wildman–Crippen MR) is 39.9 cm³/mol.